The molecule has 0 spiro atoms. The number of methoxy groups -OCH3 is 1. The van der Waals surface area contributed by atoms with E-state index >= 15 is 0 Å². The Morgan fingerprint density at radius 3 is 2.68 bits per heavy atom. The summed E-state index contributed by atoms with van der Waals surface area (Å²) in [4.78, 5) is 24.7. The molecular weight excluding hydrogens is 248 g/mol. The number of hydrogen-bond donors (Lipinski definition) is 2. The first-order chi connectivity index (χ1) is 8.95. The molecule has 1 saturated carbocycles. The highest BCUT2D eigenvalue weighted by atomic mass is 16.5. The molecule has 6 nitrogen and oxygen atoms in total. The number of aliphatic hydroxyl groups is 1. The number of ether oxygens (including phenoxy) is 1. The second-order valence-corrected chi connectivity index (χ2v) is 5.24. The molecule has 0 heterocycles. The molecule has 1 fully saturated rings. The van der Waals surface area contributed by atoms with E-state index in [1.807, 2.05) is 6.92 Å². The van der Waals surface area contributed by atoms with Crippen LogP contribution in [-0.2, 0) is 14.3 Å². The zero-order chi connectivity index (χ0) is 14.4. The topological polar surface area (TPSA) is 78.9 Å². The zero-order valence-electron chi connectivity index (χ0n) is 11.9. The third-order valence-corrected chi connectivity index (χ3v) is 3.35. The molecule has 0 aromatic rings. The average Bonchev–Trinajstić information content (AvgIpc) is 3.06. The van der Waals surface area contributed by atoms with Crippen LogP contribution >= 0.6 is 0 Å². The van der Waals surface area contributed by atoms with E-state index in [-0.39, 0.29) is 37.3 Å². The van der Waals surface area contributed by atoms with E-state index < -0.39 is 6.10 Å². The maximum absolute atomic E-state index is 11.7. The van der Waals surface area contributed by atoms with Crippen molar-refractivity contribution in [2.45, 2.75) is 25.9 Å². The van der Waals surface area contributed by atoms with E-state index in [0.717, 1.165) is 6.42 Å². The summed E-state index contributed by atoms with van der Waals surface area (Å²) in [5.41, 5.74) is 0. The lowest BCUT2D eigenvalue weighted by atomic mass is 10.3. The van der Waals surface area contributed by atoms with Gasteiger partial charge >= 0.3 is 0 Å². The molecular formula is C13H24N2O4. The zero-order valence-corrected chi connectivity index (χ0v) is 11.9. The lowest BCUT2D eigenvalue weighted by Gasteiger charge is -2.20. The van der Waals surface area contributed by atoms with Crippen LogP contribution in [0, 0.1) is 11.8 Å². The third kappa shape index (κ3) is 5.57. The average molecular weight is 272 g/mol. The van der Waals surface area contributed by atoms with Crippen molar-refractivity contribution >= 4 is 11.8 Å². The molecule has 2 N–H and O–H groups in total. The largest absolute Gasteiger partial charge is 0.389 e. The van der Waals surface area contributed by atoms with Crippen molar-refractivity contribution in [3.8, 4) is 0 Å². The molecule has 110 valence electrons. The molecule has 3 atom stereocenters. The first-order valence-corrected chi connectivity index (χ1v) is 6.64. The summed E-state index contributed by atoms with van der Waals surface area (Å²) in [6.45, 7) is 2.83. The summed E-state index contributed by atoms with van der Waals surface area (Å²) < 4.78 is 4.80. The van der Waals surface area contributed by atoms with Crippen LogP contribution < -0.4 is 5.32 Å². The van der Waals surface area contributed by atoms with Crippen molar-refractivity contribution in [2.75, 3.05) is 33.9 Å². The maximum Gasteiger partial charge on any atom is 0.224 e. The molecule has 0 aromatic heterocycles. The van der Waals surface area contributed by atoms with Crippen LogP contribution in [0.1, 0.15) is 19.8 Å². The van der Waals surface area contributed by atoms with Crippen LogP contribution in [0.4, 0.5) is 0 Å². The van der Waals surface area contributed by atoms with Crippen LogP contribution in [0.2, 0.25) is 0 Å². The van der Waals surface area contributed by atoms with Gasteiger partial charge in [0, 0.05) is 39.6 Å². The van der Waals surface area contributed by atoms with Crippen LogP contribution in [0.5, 0.6) is 0 Å². The van der Waals surface area contributed by atoms with Gasteiger partial charge in [-0.2, -0.15) is 0 Å². The number of amides is 2. The highest BCUT2D eigenvalue weighted by molar-refractivity contribution is 5.82. The molecule has 0 aromatic carbocycles. The molecule has 1 aliphatic rings. The van der Waals surface area contributed by atoms with Crippen LogP contribution in [0.3, 0.4) is 0 Å². The number of aliphatic hydroxyl groups excluding tert-OH is 1. The summed E-state index contributed by atoms with van der Waals surface area (Å²) in [6.07, 6.45) is 0.521. The van der Waals surface area contributed by atoms with Crippen molar-refractivity contribution < 1.29 is 19.4 Å². The molecule has 1 aliphatic carbocycles. The predicted molar refractivity (Wildman–Crippen MR) is 70.4 cm³/mol. The fourth-order valence-electron chi connectivity index (χ4n) is 1.97. The van der Waals surface area contributed by atoms with E-state index in [4.69, 9.17) is 4.74 Å². The Bertz CT molecular complexity index is 322. The van der Waals surface area contributed by atoms with E-state index in [1.54, 1.807) is 7.05 Å². The van der Waals surface area contributed by atoms with E-state index in [0.29, 0.717) is 12.5 Å². The van der Waals surface area contributed by atoms with Crippen LogP contribution in [0.25, 0.3) is 0 Å². The van der Waals surface area contributed by atoms with Gasteiger partial charge in [-0.1, -0.05) is 6.92 Å². The summed E-state index contributed by atoms with van der Waals surface area (Å²) in [5.74, 6) is 0.556. The number of rotatable bonds is 8. The Hall–Kier alpha value is -1.14. The molecule has 0 bridgehead atoms. The molecule has 2 amide bonds. The molecule has 3 unspecified atom stereocenters. The van der Waals surface area contributed by atoms with Crippen LogP contribution in [0.15, 0.2) is 0 Å². The minimum absolute atomic E-state index is 0.0439. The minimum atomic E-state index is -0.680. The number of carbonyl (C=O) groups excluding carboxylic acids is 2. The van der Waals surface area contributed by atoms with Gasteiger partial charge in [0.05, 0.1) is 12.7 Å². The molecule has 0 aliphatic heterocycles. The fourth-order valence-corrected chi connectivity index (χ4v) is 1.97. The predicted octanol–water partition coefficient (Wildman–Crippen LogP) is -0.386. The van der Waals surface area contributed by atoms with Crippen molar-refractivity contribution in [3.05, 3.63) is 0 Å². The normalized spacial score (nSPS) is 22.7. The van der Waals surface area contributed by atoms with E-state index in [1.165, 1.54) is 12.0 Å². The van der Waals surface area contributed by atoms with Gasteiger partial charge in [0.2, 0.25) is 11.8 Å². The Morgan fingerprint density at radius 2 is 2.16 bits per heavy atom. The Morgan fingerprint density at radius 1 is 1.53 bits per heavy atom. The summed E-state index contributed by atoms with van der Waals surface area (Å²) in [7, 11) is 3.13. The third-order valence-electron chi connectivity index (χ3n) is 3.35. The number of hydrogen-bond acceptors (Lipinski definition) is 4. The lowest BCUT2D eigenvalue weighted by molar-refractivity contribution is -0.131. The molecule has 0 radical (unpaired) electrons. The lowest BCUT2D eigenvalue weighted by Crippen LogP contribution is -2.38. The number of carbonyl (C=O) groups is 2. The molecule has 19 heavy (non-hydrogen) atoms. The highest BCUT2D eigenvalue weighted by Crippen LogP contribution is 2.37. The molecule has 6 heteroatoms. The Labute approximate surface area is 114 Å². The van der Waals surface area contributed by atoms with Gasteiger partial charge < -0.3 is 20.1 Å². The number of nitrogens with one attached hydrogen (secondary N) is 1. The van der Waals surface area contributed by atoms with Gasteiger partial charge in [-0.05, 0) is 12.3 Å². The minimum Gasteiger partial charge on any atom is -0.389 e. The first kappa shape index (κ1) is 15.9. The van der Waals surface area contributed by atoms with E-state index in [9.17, 15) is 14.7 Å². The van der Waals surface area contributed by atoms with Crippen molar-refractivity contribution in [1.82, 2.24) is 10.2 Å². The summed E-state index contributed by atoms with van der Waals surface area (Å²) in [6, 6.07) is 0. The monoisotopic (exact) mass is 272 g/mol. The quantitative estimate of drug-likeness (QED) is 0.631. The van der Waals surface area contributed by atoms with Crippen molar-refractivity contribution in [2.24, 2.45) is 11.8 Å². The number of nitrogens with zero attached hydrogens (tertiary/aromatic N) is 1. The van der Waals surface area contributed by atoms with Gasteiger partial charge in [0.1, 0.15) is 0 Å². The summed E-state index contributed by atoms with van der Waals surface area (Å²) >= 11 is 0. The number of likely N-dealkylation sites (N-methyl/N-ethyl adjacent to an activating group) is 1. The smallest absolute Gasteiger partial charge is 0.224 e. The van der Waals surface area contributed by atoms with Crippen molar-refractivity contribution in [1.29, 1.82) is 0 Å². The fraction of sp³-hybridized carbons (Fsp3) is 0.846. The molecule has 1 rings (SSSR count). The highest BCUT2D eigenvalue weighted by Gasteiger charge is 2.38. The SMILES string of the molecule is COCC(O)CN(C)C(=O)CCNC(=O)C1CC1C. The van der Waals surface area contributed by atoms with Crippen LogP contribution in [-0.4, -0.2) is 61.8 Å². The maximum atomic E-state index is 11.7. The first-order valence-electron chi connectivity index (χ1n) is 6.64. The summed E-state index contributed by atoms with van der Waals surface area (Å²) in [5, 5.41) is 12.3. The van der Waals surface area contributed by atoms with E-state index in [2.05, 4.69) is 5.32 Å². The van der Waals surface area contributed by atoms with Crippen molar-refractivity contribution in [3.63, 3.8) is 0 Å². The second-order valence-electron chi connectivity index (χ2n) is 5.24. The van der Waals surface area contributed by atoms with Gasteiger partial charge in [-0.25, -0.2) is 0 Å². The second kappa shape index (κ2) is 7.45. The Kier molecular flexibility index (Phi) is 6.24. The van der Waals surface area contributed by atoms with Gasteiger partial charge in [-0.3, -0.25) is 9.59 Å². The van der Waals surface area contributed by atoms with Gasteiger partial charge in [-0.15, -0.1) is 0 Å². The Balaban J connectivity index is 2.14. The van der Waals surface area contributed by atoms with Gasteiger partial charge in [0.25, 0.3) is 0 Å². The van der Waals surface area contributed by atoms with Gasteiger partial charge in [0.15, 0.2) is 0 Å². The molecule has 0 saturated heterocycles. The standard InChI is InChI=1S/C13H24N2O4/c1-9-6-11(9)13(18)14-5-4-12(17)15(2)7-10(16)8-19-3/h9-11,16H,4-8H2,1-3H3,(H,14,18).